The van der Waals surface area contributed by atoms with E-state index < -0.39 is 0 Å². The van der Waals surface area contributed by atoms with Crippen LogP contribution in [0.2, 0.25) is 0 Å². The maximum atomic E-state index is 4.62. The van der Waals surface area contributed by atoms with Crippen LogP contribution in [0.15, 0.2) is 30.6 Å². The van der Waals surface area contributed by atoms with Gasteiger partial charge in [-0.05, 0) is 25.0 Å². The molecule has 0 unspecified atom stereocenters. The van der Waals surface area contributed by atoms with Gasteiger partial charge in [-0.15, -0.1) is 0 Å². The van der Waals surface area contributed by atoms with Crippen LogP contribution in [0.4, 0.5) is 0 Å². The summed E-state index contributed by atoms with van der Waals surface area (Å²) in [6.45, 7) is 0.895. The van der Waals surface area contributed by atoms with Crippen molar-refractivity contribution < 1.29 is 0 Å². The smallest absolute Gasteiger partial charge is 0.137 e. The summed E-state index contributed by atoms with van der Waals surface area (Å²) in [4.78, 5) is 4.62. The van der Waals surface area contributed by atoms with Gasteiger partial charge in [0, 0.05) is 25.0 Å². The lowest BCUT2D eigenvalue weighted by Crippen LogP contribution is -2.27. The van der Waals surface area contributed by atoms with Crippen LogP contribution >= 0.6 is 0 Å². The maximum absolute atomic E-state index is 4.62. The van der Waals surface area contributed by atoms with Crippen LogP contribution in [0, 0.1) is 0 Å². The number of hydrogen-bond donors (Lipinski definition) is 1. The SMILES string of the molecule is c1ccn2cc(CNC3CCCCCC3)nc2c1. The molecule has 2 aromatic rings. The second kappa shape index (κ2) is 5.53. The maximum Gasteiger partial charge on any atom is 0.137 e. The van der Waals surface area contributed by atoms with Gasteiger partial charge in [-0.2, -0.15) is 0 Å². The summed E-state index contributed by atoms with van der Waals surface area (Å²) in [5.41, 5.74) is 2.18. The Morgan fingerprint density at radius 2 is 2.00 bits per heavy atom. The molecule has 2 aromatic heterocycles. The van der Waals surface area contributed by atoms with E-state index in [1.54, 1.807) is 0 Å². The number of rotatable bonds is 3. The first-order valence-corrected chi connectivity index (χ1v) is 7.08. The van der Waals surface area contributed by atoms with Crippen molar-refractivity contribution in [2.45, 2.75) is 51.1 Å². The minimum atomic E-state index is 0.692. The molecule has 2 heterocycles. The molecule has 0 saturated heterocycles. The number of nitrogens with one attached hydrogen (secondary N) is 1. The Hall–Kier alpha value is -1.35. The second-order valence-corrected chi connectivity index (χ2v) is 5.27. The van der Waals surface area contributed by atoms with Gasteiger partial charge in [0.15, 0.2) is 0 Å². The zero-order valence-corrected chi connectivity index (χ0v) is 10.8. The van der Waals surface area contributed by atoms with Crippen LogP contribution in [0.1, 0.15) is 44.2 Å². The first-order valence-electron chi connectivity index (χ1n) is 7.08. The van der Waals surface area contributed by atoms with Crippen molar-refractivity contribution in [3.8, 4) is 0 Å². The highest BCUT2D eigenvalue weighted by molar-refractivity contribution is 5.39. The molecule has 1 aliphatic rings. The van der Waals surface area contributed by atoms with Gasteiger partial charge in [-0.3, -0.25) is 0 Å². The largest absolute Gasteiger partial charge is 0.308 e. The molecular weight excluding hydrogens is 222 g/mol. The van der Waals surface area contributed by atoms with Crippen molar-refractivity contribution in [1.82, 2.24) is 14.7 Å². The zero-order valence-electron chi connectivity index (χ0n) is 10.8. The van der Waals surface area contributed by atoms with Crippen molar-refractivity contribution in [1.29, 1.82) is 0 Å². The minimum absolute atomic E-state index is 0.692. The van der Waals surface area contributed by atoms with Crippen molar-refractivity contribution in [3.63, 3.8) is 0 Å². The third-order valence-electron chi connectivity index (χ3n) is 3.84. The van der Waals surface area contributed by atoms with E-state index in [1.807, 2.05) is 12.1 Å². The molecule has 1 N–H and O–H groups in total. The summed E-state index contributed by atoms with van der Waals surface area (Å²) in [5.74, 6) is 0. The van der Waals surface area contributed by atoms with Crippen LogP contribution < -0.4 is 5.32 Å². The van der Waals surface area contributed by atoms with Gasteiger partial charge in [0.2, 0.25) is 0 Å². The second-order valence-electron chi connectivity index (χ2n) is 5.27. The number of aromatic nitrogens is 2. The van der Waals surface area contributed by atoms with Gasteiger partial charge in [0.05, 0.1) is 5.69 Å². The lowest BCUT2D eigenvalue weighted by molar-refractivity contribution is 0.457. The molecule has 3 rings (SSSR count). The number of imidazole rings is 1. The Balaban J connectivity index is 1.61. The number of fused-ring (bicyclic) bond motifs is 1. The highest BCUT2D eigenvalue weighted by Crippen LogP contribution is 2.17. The standard InChI is InChI=1S/C15H21N3/c1-2-4-8-13(7-3-1)16-11-14-12-18-10-6-5-9-15(18)17-14/h5-6,9-10,12-13,16H,1-4,7-8,11H2. The normalized spacial score (nSPS) is 18.0. The van der Waals surface area contributed by atoms with Crippen LogP contribution in [-0.4, -0.2) is 15.4 Å². The Labute approximate surface area is 108 Å². The molecule has 0 amide bonds. The van der Waals surface area contributed by atoms with Crippen LogP contribution in [0.25, 0.3) is 5.65 Å². The fourth-order valence-electron chi connectivity index (χ4n) is 2.80. The van der Waals surface area contributed by atoms with Crippen LogP contribution in [0.3, 0.4) is 0 Å². The van der Waals surface area contributed by atoms with E-state index in [9.17, 15) is 0 Å². The van der Waals surface area contributed by atoms with E-state index in [2.05, 4.69) is 33.2 Å². The van der Waals surface area contributed by atoms with Crippen LogP contribution in [0.5, 0.6) is 0 Å². The van der Waals surface area contributed by atoms with Gasteiger partial charge in [0.25, 0.3) is 0 Å². The molecule has 1 fully saturated rings. The van der Waals surface area contributed by atoms with Crippen molar-refractivity contribution in [2.24, 2.45) is 0 Å². The average molecular weight is 243 g/mol. The molecule has 0 radical (unpaired) electrons. The first-order chi connectivity index (χ1) is 8.92. The van der Waals surface area contributed by atoms with Crippen LogP contribution in [-0.2, 0) is 6.54 Å². The zero-order chi connectivity index (χ0) is 12.2. The molecule has 3 heteroatoms. The van der Waals surface area contributed by atoms with E-state index in [-0.39, 0.29) is 0 Å². The summed E-state index contributed by atoms with van der Waals surface area (Å²) in [6.07, 6.45) is 12.4. The van der Waals surface area contributed by atoms with Gasteiger partial charge < -0.3 is 9.72 Å². The average Bonchev–Trinajstić information content (AvgIpc) is 2.63. The van der Waals surface area contributed by atoms with Crippen molar-refractivity contribution in [2.75, 3.05) is 0 Å². The summed E-state index contributed by atoms with van der Waals surface area (Å²) >= 11 is 0. The number of hydrogen-bond acceptors (Lipinski definition) is 2. The summed E-state index contributed by atoms with van der Waals surface area (Å²) in [7, 11) is 0. The number of nitrogens with zero attached hydrogens (tertiary/aromatic N) is 2. The summed E-state index contributed by atoms with van der Waals surface area (Å²) in [6, 6.07) is 6.81. The fraction of sp³-hybridized carbons (Fsp3) is 0.533. The lowest BCUT2D eigenvalue weighted by Gasteiger charge is -2.14. The third-order valence-corrected chi connectivity index (χ3v) is 3.84. The van der Waals surface area contributed by atoms with Gasteiger partial charge in [-0.1, -0.05) is 31.7 Å². The predicted octanol–water partition coefficient (Wildman–Crippen LogP) is 3.15. The Morgan fingerprint density at radius 3 is 2.78 bits per heavy atom. The Kier molecular flexibility index (Phi) is 3.60. The molecule has 18 heavy (non-hydrogen) atoms. The molecule has 0 spiro atoms. The van der Waals surface area contributed by atoms with E-state index in [0.717, 1.165) is 17.9 Å². The fourth-order valence-corrected chi connectivity index (χ4v) is 2.80. The monoisotopic (exact) mass is 243 g/mol. The molecule has 96 valence electrons. The quantitative estimate of drug-likeness (QED) is 0.839. The van der Waals surface area contributed by atoms with Gasteiger partial charge in [0.1, 0.15) is 5.65 Å². The predicted molar refractivity (Wildman–Crippen MR) is 73.5 cm³/mol. The molecule has 0 aromatic carbocycles. The molecular formula is C15H21N3. The lowest BCUT2D eigenvalue weighted by atomic mass is 10.1. The van der Waals surface area contributed by atoms with Crippen molar-refractivity contribution in [3.05, 3.63) is 36.3 Å². The number of pyridine rings is 1. The Bertz CT molecular complexity index is 462. The van der Waals surface area contributed by atoms with E-state index in [1.165, 1.54) is 38.5 Å². The van der Waals surface area contributed by atoms with Gasteiger partial charge in [-0.25, -0.2) is 4.98 Å². The summed E-state index contributed by atoms with van der Waals surface area (Å²) in [5, 5.41) is 3.66. The molecule has 0 atom stereocenters. The highest BCUT2D eigenvalue weighted by Gasteiger charge is 2.11. The minimum Gasteiger partial charge on any atom is -0.308 e. The summed E-state index contributed by atoms with van der Waals surface area (Å²) < 4.78 is 2.09. The first kappa shape index (κ1) is 11.7. The van der Waals surface area contributed by atoms with E-state index in [4.69, 9.17) is 0 Å². The third kappa shape index (κ3) is 2.72. The topological polar surface area (TPSA) is 29.3 Å². The van der Waals surface area contributed by atoms with Gasteiger partial charge >= 0.3 is 0 Å². The van der Waals surface area contributed by atoms with Crippen molar-refractivity contribution >= 4 is 5.65 Å². The molecule has 0 aliphatic heterocycles. The molecule has 1 saturated carbocycles. The molecule has 3 nitrogen and oxygen atoms in total. The molecule has 0 bridgehead atoms. The van der Waals surface area contributed by atoms with E-state index >= 15 is 0 Å². The molecule has 1 aliphatic carbocycles. The van der Waals surface area contributed by atoms with E-state index in [0.29, 0.717) is 6.04 Å². The Morgan fingerprint density at radius 1 is 1.17 bits per heavy atom. The highest BCUT2D eigenvalue weighted by atomic mass is 15.0.